The summed E-state index contributed by atoms with van der Waals surface area (Å²) < 4.78 is 34.5. The van der Waals surface area contributed by atoms with Gasteiger partial charge in [-0.05, 0) is 36.2 Å². The topological polar surface area (TPSA) is 79.0 Å². The fourth-order valence-corrected chi connectivity index (χ4v) is 5.14. The maximum absolute atomic E-state index is 13.1. The van der Waals surface area contributed by atoms with Crippen LogP contribution in [0.2, 0.25) is 0 Å². The van der Waals surface area contributed by atoms with Gasteiger partial charge < -0.3 is 9.64 Å². The molecule has 0 aliphatic carbocycles. The highest BCUT2D eigenvalue weighted by Gasteiger charge is 2.26. The van der Waals surface area contributed by atoms with E-state index in [1.807, 2.05) is 30.3 Å². The van der Waals surface area contributed by atoms with Gasteiger partial charge in [0.2, 0.25) is 15.9 Å². The molecule has 7 nitrogen and oxygen atoms in total. The zero-order valence-corrected chi connectivity index (χ0v) is 17.7. The Kier molecular flexibility index (Phi) is 6.48. The second kappa shape index (κ2) is 9.26. The van der Waals surface area contributed by atoms with Crippen LogP contribution in [0.25, 0.3) is 0 Å². The number of amides is 1. The van der Waals surface area contributed by atoms with Crippen LogP contribution >= 0.6 is 0 Å². The number of anilines is 1. The average molecular weight is 430 g/mol. The molecule has 2 fully saturated rings. The van der Waals surface area contributed by atoms with Crippen LogP contribution in [0.4, 0.5) is 5.69 Å². The summed E-state index contributed by atoms with van der Waals surface area (Å²) in [7, 11) is -3.72. The van der Waals surface area contributed by atoms with Gasteiger partial charge in [-0.25, -0.2) is 13.1 Å². The lowest BCUT2D eigenvalue weighted by Crippen LogP contribution is -2.43. The molecule has 30 heavy (non-hydrogen) atoms. The molecule has 1 N–H and O–H groups in total. The van der Waals surface area contributed by atoms with E-state index in [0.29, 0.717) is 32.7 Å². The minimum Gasteiger partial charge on any atom is -0.379 e. The lowest BCUT2D eigenvalue weighted by atomic mass is 10.1. The lowest BCUT2D eigenvalue weighted by Gasteiger charge is -2.31. The molecule has 0 saturated carbocycles. The summed E-state index contributed by atoms with van der Waals surface area (Å²) in [6, 6.07) is 15.8. The summed E-state index contributed by atoms with van der Waals surface area (Å²) in [6.07, 6.45) is 1.38. The number of nitrogens with zero attached hydrogens (tertiary/aromatic N) is 2. The van der Waals surface area contributed by atoms with Crippen molar-refractivity contribution in [2.75, 3.05) is 44.3 Å². The van der Waals surface area contributed by atoms with Gasteiger partial charge in [-0.2, -0.15) is 0 Å². The number of ether oxygens (including phenoxy) is 1. The van der Waals surface area contributed by atoms with E-state index in [1.165, 1.54) is 0 Å². The van der Waals surface area contributed by atoms with Crippen LogP contribution in [-0.4, -0.2) is 58.6 Å². The fourth-order valence-electron chi connectivity index (χ4n) is 3.92. The Morgan fingerprint density at radius 2 is 1.67 bits per heavy atom. The molecule has 2 aliphatic heterocycles. The Morgan fingerprint density at radius 1 is 0.967 bits per heavy atom. The van der Waals surface area contributed by atoms with Crippen molar-refractivity contribution in [3.8, 4) is 0 Å². The summed E-state index contributed by atoms with van der Waals surface area (Å²) in [5.41, 5.74) is 1.66. The first kappa shape index (κ1) is 21.0. The Hall–Kier alpha value is -2.26. The zero-order valence-electron chi connectivity index (χ0n) is 16.9. The molecule has 1 amide bonds. The molecule has 160 valence electrons. The SMILES string of the molecule is O=C1CCCN1c1ccc(S(=O)(=O)NC(CN2CCOCC2)c2ccccc2)cc1. The predicted molar refractivity (Wildman–Crippen MR) is 115 cm³/mol. The van der Waals surface area contributed by atoms with Crippen molar-refractivity contribution in [2.24, 2.45) is 0 Å². The smallest absolute Gasteiger partial charge is 0.241 e. The molecule has 0 aromatic heterocycles. The first-order chi connectivity index (χ1) is 14.5. The summed E-state index contributed by atoms with van der Waals surface area (Å²) in [6.45, 7) is 4.13. The van der Waals surface area contributed by atoms with Crippen LogP contribution in [0.15, 0.2) is 59.5 Å². The van der Waals surface area contributed by atoms with E-state index in [0.717, 1.165) is 30.8 Å². The van der Waals surface area contributed by atoms with Crippen LogP contribution in [0.3, 0.4) is 0 Å². The van der Waals surface area contributed by atoms with E-state index in [4.69, 9.17) is 4.74 Å². The van der Waals surface area contributed by atoms with Crippen LogP contribution < -0.4 is 9.62 Å². The first-order valence-corrected chi connectivity index (χ1v) is 11.8. The van der Waals surface area contributed by atoms with Crippen molar-refractivity contribution in [1.82, 2.24) is 9.62 Å². The maximum atomic E-state index is 13.1. The number of hydrogen-bond donors (Lipinski definition) is 1. The van der Waals surface area contributed by atoms with Crippen molar-refractivity contribution in [2.45, 2.75) is 23.8 Å². The highest BCUT2D eigenvalue weighted by atomic mass is 32.2. The molecule has 0 radical (unpaired) electrons. The summed E-state index contributed by atoms with van der Waals surface area (Å²) in [4.78, 5) is 16.0. The van der Waals surface area contributed by atoms with E-state index in [-0.39, 0.29) is 16.8 Å². The van der Waals surface area contributed by atoms with Crippen LogP contribution in [0, 0.1) is 0 Å². The molecule has 1 unspecified atom stereocenters. The van der Waals surface area contributed by atoms with Crippen molar-refractivity contribution >= 4 is 21.6 Å². The monoisotopic (exact) mass is 429 g/mol. The van der Waals surface area contributed by atoms with Crippen molar-refractivity contribution in [1.29, 1.82) is 0 Å². The third kappa shape index (κ3) is 4.89. The Balaban J connectivity index is 1.52. The van der Waals surface area contributed by atoms with Gasteiger partial charge in [0.15, 0.2) is 0 Å². The highest BCUT2D eigenvalue weighted by Crippen LogP contribution is 2.24. The van der Waals surface area contributed by atoms with Crippen LogP contribution in [0.1, 0.15) is 24.4 Å². The van der Waals surface area contributed by atoms with Crippen molar-refractivity contribution in [3.05, 3.63) is 60.2 Å². The molecule has 4 rings (SSSR count). The Labute approximate surface area is 177 Å². The van der Waals surface area contributed by atoms with Gasteiger partial charge in [-0.15, -0.1) is 0 Å². The number of sulfonamides is 1. The van der Waals surface area contributed by atoms with E-state index in [9.17, 15) is 13.2 Å². The van der Waals surface area contributed by atoms with Crippen molar-refractivity contribution in [3.63, 3.8) is 0 Å². The molecular weight excluding hydrogens is 402 g/mol. The van der Waals surface area contributed by atoms with Gasteiger partial charge in [0.1, 0.15) is 0 Å². The lowest BCUT2D eigenvalue weighted by molar-refractivity contribution is -0.117. The zero-order chi connectivity index (χ0) is 21.0. The molecule has 0 bridgehead atoms. The largest absolute Gasteiger partial charge is 0.379 e. The normalized spacial score (nSPS) is 19.2. The van der Waals surface area contributed by atoms with Gasteiger partial charge in [0.25, 0.3) is 0 Å². The number of carbonyl (C=O) groups excluding carboxylic acids is 1. The van der Waals surface area contributed by atoms with Gasteiger partial charge in [-0.1, -0.05) is 30.3 Å². The number of benzene rings is 2. The summed E-state index contributed by atoms with van der Waals surface area (Å²) >= 11 is 0. The third-order valence-electron chi connectivity index (χ3n) is 5.58. The first-order valence-electron chi connectivity index (χ1n) is 10.3. The highest BCUT2D eigenvalue weighted by molar-refractivity contribution is 7.89. The molecule has 1 atom stereocenters. The molecule has 2 heterocycles. The Bertz CT molecular complexity index is 958. The minimum atomic E-state index is -3.72. The maximum Gasteiger partial charge on any atom is 0.241 e. The van der Waals surface area contributed by atoms with Crippen LogP contribution in [0.5, 0.6) is 0 Å². The second-order valence-electron chi connectivity index (χ2n) is 7.64. The van der Waals surface area contributed by atoms with E-state index in [2.05, 4.69) is 9.62 Å². The molecule has 2 aliphatic rings. The van der Waals surface area contributed by atoms with E-state index < -0.39 is 10.0 Å². The van der Waals surface area contributed by atoms with Gasteiger partial charge in [-0.3, -0.25) is 9.69 Å². The molecule has 2 saturated heterocycles. The van der Waals surface area contributed by atoms with Crippen LogP contribution in [-0.2, 0) is 19.6 Å². The van der Waals surface area contributed by atoms with Crippen molar-refractivity contribution < 1.29 is 17.9 Å². The molecular formula is C22H27N3O4S. The van der Waals surface area contributed by atoms with Gasteiger partial charge >= 0.3 is 0 Å². The predicted octanol–water partition coefficient (Wildman–Crippen LogP) is 2.17. The van der Waals surface area contributed by atoms with E-state index >= 15 is 0 Å². The fraction of sp³-hybridized carbons (Fsp3) is 0.409. The number of hydrogen-bond acceptors (Lipinski definition) is 5. The van der Waals surface area contributed by atoms with Gasteiger partial charge in [0, 0.05) is 38.3 Å². The number of carbonyl (C=O) groups is 1. The minimum absolute atomic E-state index is 0.0818. The summed E-state index contributed by atoms with van der Waals surface area (Å²) in [5, 5.41) is 0. The Morgan fingerprint density at radius 3 is 2.30 bits per heavy atom. The van der Waals surface area contributed by atoms with Gasteiger partial charge in [0.05, 0.1) is 24.2 Å². The molecule has 8 heteroatoms. The van der Waals surface area contributed by atoms with E-state index in [1.54, 1.807) is 29.2 Å². The standard InChI is InChI=1S/C22H27N3O4S/c26-22-7-4-12-25(22)19-8-10-20(11-9-19)30(27,28)23-21(18-5-2-1-3-6-18)17-24-13-15-29-16-14-24/h1-3,5-6,8-11,21,23H,4,7,12-17H2. The molecule has 2 aromatic rings. The number of rotatable bonds is 7. The summed E-state index contributed by atoms with van der Waals surface area (Å²) in [5.74, 6) is 0.0818. The average Bonchev–Trinajstić information content (AvgIpc) is 3.20. The second-order valence-corrected chi connectivity index (χ2v) is 9.35. The quantitative estimate of drug-likeness (QED) is 0.730. The third-order valence-corrected chi connectivity index (χ3v) is 7.06. The molecule has 2 aromatic carbocycles. The molecule has 0 spiro atoms. The number of morpholine rings is 1. The number of nitrogens with one attached hydrogen (secondary N) is 1.